The Kier molecular flexibility index (Phi) is 36.9. The van der Waals surface area contributed by atoms with Gasteiger partial charge in [0, 0.05) is 56.0 Å². The number of amides is 2. The number of aromatic nitrogens is 4. The number of aromatic amines is 2. The number of imidazole rings is 2. The van der Waals surface area contributed by atoms with Crippen molar-refractivity contribution >= 4 is 31.6 Å². The molecule has 0 bridgehead atoms. The molecule has 0 aliphatic rings. The third-order valence-electron chi connectivity index (χ3n) is 11.4. The average molecular weight is 1010 g/mol. The van der Waals surface area contributed by atoms with Crippen molar-refractivity contribution in [1.82, 2.24) is 30.6 Å². The Balaban J connectivity index is 1.81. The fraction of sp³-hybridized carbons (Fsp3) is 0.660. The lowest BCUT2D eigenvalue weighted by atomic mass is 10.1. The lowest BCUT2D eigenvalue weighted by molar-refractivity contribution is -0.161. The second-order valence-corrected chi connectivity index (χ2v) is 19.3. The second kappa shape index (κ2) is 41.9. The first-order valence-electron chi connectivity index (χ1n) is 26.4. The summed E-state index contributed by atoms with van der Waals surface area (Å²) in [5, 5.41) is 5.24. The van der Waals surface area contributed by atoms with Gasteiger partial charge in [-0.15, -0.1) is 0 Å². The predicted molar refractivity (Wildman–Crippen MR) is 279 cm³/mol. The van der Waals surface area contributed by atoms with Gasteiger partial charge in [0.2, 0.25) is 11.8 Å². The van der Waals surface area contributed by atoms with Crippen molar-refractivity contribution in [3.63, 3.8) is 0 Å². The first-order chi connectivity index (χ1) is 34.5. The molecular formula is C53H88N7O10P. The Morgan fingerprint density at radius 2 is 1.14 bits per heavy atom. The van der Waals surface area contributed by atoms with E-state index in [0.29, 0.717) is 24.2 Å². The average Bonchev–Trinajstić information content (AvgIpc) is 4.08. The topological polar surface area (TPSA) is 250 Å². The summed E-state index contributed by atoms with van der Waals surface area (Å²) < 4.78 is 34.3. The number of ether oxygens (including phenoxy) is 2. The van der Waals surface area contributed by atoms with E-state index < -0.39 is 63.0 Å². The van der Waals surface area contributed by atoms with Gasteiger partial charge in [-0.3, -0.25) is 28.2 Å². The maximum absolute atomic E-state index is 13.2. The van der Waals surface area contributed by atoms with Crippen molar-refractivity contribution in [2.24, 2.45) is 5.73 Å². The van der Waals surface area contributed by atoms with Crippen LogP contribution in [0.3, 0.4) is 0 Å². The summed E-state index contributed by atoms with van der Waals surface area (Å²) in [5.74, 6) is -2.18. The van der Waals surface area contributed by atoms with Crippen molar-refractivity contribution in [3.05, 3.63) is 85.0 Å². The summed E-state index contributed by atoms with van der Waals surface area (Å²) in [7, 11) is -4.74. The Labute approximate surface area is 424 Å². The second-order valence-electron chi connectivity index (χ2n) is 17.9. The number of allylic oxidation sites excluding steroid dienone is 8. The summed E-state index contributed by atoms with van der Waals surface area (Å²) >= 11 is 0. The van der Waals surface area contributed by atoms with Gasteiger partial charge in [0.25, 0.3) is 0 Å². The summed E-state index contributed by atoms with van der Waals surface area (Å²) in [6.07, 6.45) is 46.2. The normalized spacial score (nSPS) is 14.0. The molecule has 2 amide bonds. The zero-order valence-corrected chi connectivity index (χ0v) is 43.8. The van der Waals surface area contributed by atoms with E-state index in [-0.39, 0.29) is 38.8 Å². The molecule has 2 heterocycles. The Bertz CT molecular complexity index is 1840. The van der Waals surface area contributed by atoms with Crippen LogP contribution in [0, 0.1) is 0 Å². The fourth-order valence-electron chi connectivity index (χ4n) is 7.28. The van der Waals surface area contributed by atoms with Gasteiger partial charge in [-0.25, -0.2) is 14.5 Å². The van der Waals surface area contributed by atoms with Gasteiger partial charge in [-0.05, 0) is 77.0 Å². The highest BCUT2D eigenvalue weighted by Crippen LogP contribution is 2.43. The molecule has 17 nitrogen and oxygen atoms in total. The molecule has 0 aliphatic carbocycles. The van der Waals surface area contributed by atoms with Crippen LogP contribution in [0.1, 0.15) is 179 Å². The van der Waals surface area contributed by atoms with E-state index in [4.69, 9.17) is 24.3 Å². The Hall–Kier alpha value is -4.67. The predicted octanol–water partition coefficient (Wildman–Crippen LogP) is 10.1. The molecule has 71 heavy (non-hydrogen) atoms. The smallest absolute Gasteiger partial charge is 0.462 e. The SMILES string of the molecule is CCCCC/C=C\C/C=C\CCCCCCCC(=O)OCC(COP(=O)(O)OCCNC(=O)C(Cc1cnc[nH]1)NC(=O)C(N)Cc1cnc[nH]1)OC(=O)CCCCCCC/C=C\C/C=C\CCCCC. The first-order valence-corrected chi connectivity index (χ1v) is 27.9. The standard InChI is InChI=1S/C53H88N7O10P/c1-3-5-7-9-11-13-15-17-19-21-23-25-27-29-31-33-50(61)67-41-47(70-51(62)34-32-30-28-26-24-22-20-18-16-14-12-10-8-6-4-2)42-69-71(65,66)68-36-35-57-53(64)49(38-46-40-56-44-59-46)60-52(63)48(54)37-45-39-55-43-58-45/h11-14,17-20,39-40,43-44,47-49H,3-10,15-16,21-38,41-42,54H2,1-2H3,(H,55,58)(H,56,59)(H,57,64)(H,60,63)(H,65,66)/b13-11-,14-12-,19-17-,20-18-. The highest BCUT2D eigenvalue weighted by molar-refractivity contribution is 7.47. The van der Waals surface area contributed by atoms with Gasteiger partial charge >= 0.3 is 19.8 Å². The van der Waals surface area contributed by atoms with Gasteiger partial charge in [0.05, 0.1) is 31.9 Å². The van der Waals surface area contributed by atoms with Crippen LogP contribution in [-0.2, 0) is 55.1 Å². The van der Waals surface area contributed by atoms with Crippen LogP contribution in [0.2, 0.25) is 0 Å². The molecule has 7 N–H and O–H groups in total. The number of nitrogens with two attached hydrogens (primary N) is 1. The fourth-order valence-corrected chi connectivity index (χ4v) is 8.03. The van der Waals surface area contributed by atoms with Crippen molar-refractivity contribution in [1.29, 1.82) is 0 Å². The number of carbonyl (C=O) groups excluding carboxylic acids is 4. The number of esters is 2. The summed E-state index contributed by atoms with van der Waals surface area (Å²) in [5.41, 5.74) is 7.30. The Morgan fingerprint density at radius 3 is 1.66 bits per heavy atom. The zero-order chi connectivity index (χ0) is 51.5. The van der Waals surface area contributed by atoms with Crippen molar-refractivity contribution in [3.8, 4) is 0 Å². The number of carbonyl (C=O) groups is 4. The van der Waals surface area contributed by atoms with E-state index in [9.17, 15) is 28.6 Å². The Morgan fingerprint density at radius 1 is 0.648 bits per heavy atom. The van der Waals surface area contributed by atoms with Gasteiger partial charge in [-0.2, -0.15) is 0 Å². The summed E-state index contributed by atoms with van der Waals surface area (Å²) in [4.78, 5) is 75.9. The van der Waals surface area contributed by atoms with Crippen LogP contribution in [0.15, 0.2) is 73.7 Å². The van der Waals surface area contributed by atoms with Gasteiger partial charge in [-0.1, -0.05) is 127 Å². The number of phosphoric ester groups is 1. The third kappa shape index (κ3) is 35.2. The zero-order valence-electron chi connectivity index (χ0n) is 42.9. The molecule has 0 saturated carbocycles. The summed E-state index contributed by atoms with van der Waals surface area (Å²) in [6.45, 7) is 2.82. The molecule has 4 unspecified atom stereocenters. The maximum atomic E-state index is 13.2. The molecule has 0 spiro atoms. The third-order valence-corrected chi connectivity index (χ3v) is 12.4. The molecule has 4 atom stereocenters. The maximum Gasteiger partial charge on any atom is 0.472 e. The highest BCUT2D eigenvalue weighted by atomic mass is 31.2. The molecule has 2 aromatic rings. The molecular weight excluding hydrogens is 926 g/mol. The number of nitrogens with one attached hydrogen (secondary N) is 4. The molecule has 0 fully saturated rings. The summed E-state index contributed by atoms with van der Waals surface area (Å²) in [6, 6.07) is -2.04. The highest BCUT2D eigenvalue weighted by Gasteiger charge is 2.28. The van der Waals surface area contributed by atoms with E-state index in [2.05, 4.69) is 93.0 Å². The molecule has 2 rings (SSSR count). The lowest BCUT2D eigenvalue weighted by Gasteiger charge is -2.21. The molecule has 0 radical (unpaired) electrons. The van der Waals surface area contributed by atoms with E-state index in [1.807, 2.05) is 0 Å². The number of hydrogen-bond donors (Lipinski definition) is 6. The first kappa shape index (κ1) is 62.4. The van der Waals surface area contributed by atoms with Crippen LogP contribution >= 0.6 is 7.82 Å². The van der Waals surface area contributed by atoms with Crippen molar-refractivity contribution in [2.75, 3.05) is 26.4 Å². The van der Waals surface area contributed by atoms with Crippen molar-refractivity contribution < 1.29 is 47.2 Å². The van der Waals surface area contributed by atoms with E-state index in [0.717, 1.165) is 89.9 Å². The molecule has 0 aliphatic heterocycles. The molecule has 0 aromatic carbocycles. The van der Waals surface area contributed by atoms with Crippen LogP contribution in [-0.4, -0.2) is 93.1 Å². The van der Waals surface area contributed by atoms with Gasteiger partial charge < -0.3 is 40.7 Å². The monoisotopic (exact) mass is 1010 g/mol. The van der Waals surface area contributed by atoms with E-state index >= 15 is 0 Å². The number of H-pyrrole nitrogens is 2. The number of rotatable bonds is 45. The molecule has 2 aromatic heterocycles. The number of unbranched alkanes of at least 4 members (excludes halogenated alkanes) is 16. The van der Waals surface area contributed by atoms with E-state index in [1.165, 1.54) is 57.4 Å². The quantitative estimate of drug-likeness (QED) is 0.0157. The van der Waals surface area contributed by atoms with E-state index in [1.54, 1.807) is 6.20 Å². The van der Waals surface area contributed by atoms with Crippen LogP contribution < -0.4 is 16.4 Å². The van der Waals surface area contributed by atoms with Crippen LogP contribution in [0.25, 0.3) is 0 Å². The van der Waals surface area contributed by atoms with Gasteiger partial charge in [0.15, 0.2) is 6.10 Å². The minimum absolute atomic E-state index is 0.0625. The minimum Gasteiger partial charge on any atom is -0.462 e. The van der Waals surface area contributed by atoms with Crippen LogP contribution in [0.4, 0.5) is 0 Å². The number of nitrogens with zero attached hydrogens (tertiary/aromatic N) is 2. The number of hydrogen-bond acceptors (Lipinski definition) is 12. The van der Waals surface area contributed by atoms with Gasteiger partial charge in [0.1, 0.15) is 12.6 Å². The molecule has 0 saturated heterocycles. The molecule has 18 heteroatoms. The van der Waals surface area contributed by atoms with Crippen molar-refractivity contribution in [2.45, 2.75) is 199 Å². The van der Waals surface area contributed by atoms with Crippen LogP contribution in [0.5, 0.6) is 0 Å². The molecule has 400 valence electrons. The number of phosphoric acid groups is 1. The minimum atomic E-state index is -4.74. The largest absolute Gasteiger partial charge is 0.472 e. The lowest BCUT2D eigenvalue weighted by Crippen LogP contribution is -2.53.